The minimum Gasteiger partial charge on any atom is -0.497 e. The first-order valence-corrected chi connectivity index (χ1v) is 12.5. The molecule has 5 rings (SSSR count). The maximum Gasteiger partial charge on any atom is 0.384 e. The maximum absolute atomic E-state index is 15.0. The number of halogens is 1. The van der Waals surface area contributed by atoms with Crippen molar-refractivity contribution in [1.82, 2.24) is 4.90 Å². The Morgan fingerprint density at radius 3 is 2.35 bits per heavy atom. The average Bonchev–Trinajstić information content (AvgIpc) is 2.92. The molecule has 1 unspecified atom stereocenters. The zero-order valence-electron chi connectivity index (χ0n) is 21.4. The topological polar surface area (TPSA) is 79.9 Å². The standard InChI is InChI=1S/C27H31FN4O5/c1-29-6-8-31(9-7-29)23-16-19(35-3)15-20-24(33)17-25(37-26(20)23)27(34)30(2)18-4-5-22(21(28)14-18)32-10-12-36-13-11-32/h4-5,14-17H,6-13H2,1-3H3/p+1. The van der Waals surface area contributed by atoms with E-state index in [1.807, 2.05) is 11.0 Å². The van der Waals surface area contributed by atoms with Gasteiger partial charge in [0.05, 0.1) is 44.1 Å². The molecule has 3 heterocycles. The van der Waals surface area contributed by atoms with Gasteiger partial charge in [0.2, 0.25) is 5.76 Å². The van der Waals surface area contributed by atoms with E-state index in [0.717, 1.165) is 26.2 Å². The summed E-state index contributed by atoms with van der Waals surface area (Å²) in [5.41, 5.74) is 1.66. The van der Waals surface area contributed by atoms with Crippen LogP contribution in [0.3, 0.4) is 0 Å². The molecule has 1 N–H and O–H groups in total. The fraction of sp³-hybridized carbons (Fsp3) is 0.407. The number of likely N-dealkylation sites (N-methyl/N-ethyl adjacent to an activating group) is 1. The van der Waals surface area contributed by atoms with Crippen LogP contribution < -0.4 is 24.9 Å². The molecule has 1 atom stereocenters. The highest BCUT2D eigenvalue weighted by Gasteiger charge is 2.27. The van der Waals surface area contributed by atoms with Gasteiger partial charge in [-0.1, -0.05) is 0 Å². The second kappa shape index (κ2) is 10.5. The third-order valence-electron chi connectivity index (χ3n) is 7.16. The molecule has 2 aliphatic rings. The van der Waals surface area contributed by atoms with Crippen LogP contribution >= 0.6 is 0 Å². The lowest BCUT2D eigenvalue weighted by Crippen LogP contribution is -3.06. The van der Waals surface area contributed by atoms with Gasteiger partial charge in [0.1, 0.15) is 11.4 Å². The van der Waals surface area contributed by atoms with Gasteiger partial charge in [-0.3, -0.25) is 4.79 Å². The molecule has 3 aromatic rings. The number of ether oxygens (including phenoxy) is 2. The second-order valence-electron chi connectivity index (χ2n) is 9.51. The Balaban J connectivity index is 1.48. The predicted octanol–water partition coefficient (Wildman–Crippen LogP) is 1.52. The average molecular weight is 512 g/mol. The van der Waals surface area contributed by atoms with E-state index in [0.29, 0.717) is 65.0 Å². The molecule has 2 aromatic carbocycles. The smallest absolute Gasteiger partial charge is 0.384 e. The molecule has 9 nitrogen and oxygen atoms in total. The van der Waals surface area contributed by atoms with Crippen molar-refractivity contribution in [2.75, 3.05) is 83.5 Å². The first kappa shape index (κ1) is 25.2. The highest BCUT2D eigenvalue weighted by atomic mass is 19.1. The van der Waals surface area contributed by atoms with E-state index in [4.69, 9.17) is 13.9 Å². The number of benzene rings is 2. The number of hydrogen-bond acceptors (Lipinski definition) is 8. The van der Waals surface area contributed by atoms with Crippen LogP contribution in [-0.2, 0) is 4.74 Å². The van der Waals surface area contributed by atoms with Gasteiger partial charge in [-0.25, -0.2) is 14.1 Å². The van der Waals surface area contributed by atoms with Crippen LogP contribution in [0, 0.1) is 5.82 Å². The molecule has 196 valence electrons. The maximum atomic E-state index is 15.0. The molecule has 2 fully saturated rings. The van der Waals surface area contributed by atoms with Crippen LogP contribution in [0.2, 0.25) is 0 Å². The Hall–Kier alpha value is -3.47. The minimum absolute atomic E-state index is 0.0757. The lowest BCUT2D eigenvalue weighted by Gasteiger charge is -2.34. The number of carbonyl (C=O) groups is 1. The van der Waals surface area contributed by atoms with Crippen molar-refractivity contribution in [1.29, 1.82) is 0 Å². The lowest BCUT2D eigenvalue weighted by molar-refractivity contribution is -0.716. The van der Waals surface area contributed by atoms with E-state index in [9.17, 15) is 14.0 Å². The number of carbonyl (C=O) groups excluding carboxylic acids is 1. The Bertz CT molecular complexity index is 1360. The van der Waals surface area contributed by atoms with E-state index in [2.05, 4.69) is 16.8 Å². The van der Waals surface area contributed by atoms with Crippen molar-refractivity contribution >= 4 is 33.9 Å². The van der Waals surface area contributed by atoms with Crippen LogP contribution in [0.15, 0.2) is 45.6 Å². The number of fused-ring (bicyclic) bond motifs is 1. The number of rotatable bonds is 5. The Labute approximate surface area is 214 Å². The summed E-state index contributed by atoms with van der Waals surface area (Å²) in [6, 6.07) is 9.44. The first-order chi connectivity index (χ1) is 17.9. The summed E-state index contributed by atoms with van der Waals surface area (Å²) < 4.78 is 31.9. The number of hydrogen-bond donors (Lipinski definition) is 1. The van der Waals surface area contributed by atoms with Gasteiger partial charge in [-0.05, 0) is 19.2 Å². The number of quaternary nitrogens is 1. The fourth-order valence-electron chi connectivity index (χ4n) is 4.84. The number of methoxy groups -OCH3 is 1. The number of anilines is 2. The van der Waals surface area contributed by atoms with Crippen LogP contribution in [0.1, 0.15) is 10.6 Å². The third kappa shape index (κ3) is 5.04. The summed E-state index contributed by atoms with van der Waals surface area (Å²) in [5, 5.41) is 0.350. The molecule has 0 bridgehead atoms. The van der Waals surface area contributed by atoms with Gasteiger partial charge in [-0.2, -0.15) is 0 Å². The molecule has 0 spiro atoms. The van der Waals surface area contributed by atoms with Crippen LogP contribution in [0.25, 0.3) is 11.0 Å². The van der Waals surface area contributed by atoms with Crippen LogP contribution in [-0.4, -0.2) is 84.5 Å². The third-order valence-corrected chi connectivity index (χ3v) is 7.16. The molecular weight excluding hydrogens is 479 g/mol. The van der Waals surface area contributed by atoms with Crippen molar-refractivity contribution in [3.8, 4) is 5.75 Å². The van der Waals surface area contributed by atoms with Gasteiger partial charge in [0, 0.05) is 63.5 Å². The number of piperazine rings is 1. The van der Waals surface area contributed by atoms with Crippen molar-refractivity contribution < 1.29 is 28.0 Å². The molecule has 0 radical (unpaired) electrons. The van der Waals surface area contributed by atoms with E-state index < -0.39 is 11.7 Å². The monoisotopic (exact) mass is 511 g/mol. The molecule has 37 heavy (non-hydrogen) atoms. The summed E-state index contributed by atoms with van der Waals surface area (Å²) in [6.07, 6.45) is 0. The predicted molar refractivity (Wildman–Crippen MR) is 139 cm³/mol. The largest absolute Gasteiger partial charge is 0.497 e. The quantitative estimate of drug-likeness (QED) is 0.553. The summed E-state index contributed by atoms with van der Waals surface area (Å²) in [7, 11) is 5.23. The first-order valence-electron chi connectivity index (χ1n) is 12.5. The molecule has 0 saturated carbocycles. The van der Waals surface area contributed by atoms with E-state index in [1.165, 1.54) is 12.1 Å². The molecule has 0 aliphatic carbocycles. The van der Waals surface area contributed by atoms with Gasteiger partial charge >= 0.3 is 5.91 Å². The Kier molecular flexibility index (Phi) is 7.14. The van der Waals surface area contributed by atoms with Gasteiger partial charge < -0.3 is 28.6 Å². The zero-order valence-corrected chi connectivity index (χ0v) is 21.4. The fourth-order valence-corrected chi connectivity index (χ4v) is 4.84. The van der Waals surface area contributed by atoms with Crippen LogP contribution in [0.5, 0.6) is 5.75 Å². The van der Waals surface area contributed by atoms with Crippen molar-refractivity contribution in [2.45, 2.75) is 0 Å². The number of amides is 1. The number of morpholine rings is 1. The SMILES string of the molecule is COc1cc(N2CCN(C)CC2)c2oc(C(=O)[NH+](C)c3ccc(N4CCOCC4)c(F)c3)cc(=O)c2c1. The van der Waals surface area contributed by atoms with E-state index in [-0.39, 0.29) is 11.2 Å². The normalized spacial score (nSPS) is 17.7. The summed E-state index contributed by atoms with van der Waals surface area (Å²) >= 11 is 0. The second-order valence-corrected chi connectivity index (χ2v) is 9.51. The Morgan fingerprint density at radius 1 is 0.973 bits per heavy atom. The van der Waals surface area contributed by atoms with E-state index in [1.54, 1.807) is 32.4 Å². The molecule has 2 aliphatic heterocycles. The van der Waals surface area contributed by atoms with Gasteiger partial charge in [-0.15, -0.1) is 0 Å². The molecule has 10 heteroatoms. The zero-order chi connectivity index (χ0) is 26.1. The molecule has 2 saturated heterocycles. The minimum atomic E-state index is -0.460. The highest BCUT2D eigenvalue weighted by Crippen LogP contribution is 2.32. The highest BCUT2D eigenvalue weighted by molar-refractivity contribution is 5.94. The van der Waals surface area contributed by atoms with Crippen molar-refractivity contribution in [3.63, 3.8) is 0 Å². The summed E-state index contributed by atoms with van der Waals surface area (Å²) in [6.45, 7) is 5.55. The molecule has 1 amide bonds. The van der Waals surface area contributed by atoms with E-state index >= 15 is 0 Å². The Morgan fingerprint density at radius 2 is 1.68 bits per heavy atom. The number of nitrogens with zero attached hydrogens (tertiary/aromatic N) is 3. The lowest BCUT2D eigenvalue weighted by atomic mass is 10.1. The summed E-state index contributed by atoms with van der Waals surface area (Å²) in [5.74, 6) is -0.395. The molecule has 1 aromatic heterocycles. The van der Waals surface area contributed by atoms with Crippen LogP contribution in [0.4, 0.5) is 21.5 Å². The number of nitrogens with one attached hydrogen (secondary N) is 1. The van der Waals surface area contributed by atoms with Crippen molar-refractivity contribution in [3.05, 3.63) is 58.2 Å². The molecular formula is C27H32FN4O5+. The van der Waals surface area contributed by atoms with Gasteiger partial charge in [0.15, 0.2) is 16.8 Å². The van der Waals surface area contributed by atoms with Gasteiger partial charge in [0.25, 0.3) is 0 Å². The van der Waals surface area contributed by atoms with Crippen molar-refractivity contribution in [2.24, 2.45) is 0 Å². The summed E-state index contributed by atoms with van der Waals surface area (Å²) in [4.78, 5) is 33.1.